The van der Waals surface area contributed by atoms with Crippen molar-refractivity contribution >= 4 is 29.5 Å². The van der Waals surface area contributed by atoms with Crippen LogP contribution >= 0.6 is 0 Å². The van der Waals surface area contributed by atoms with Gasteiger partial charge in [-0.05, 0) is 0 Å². The first kappa shape index (κ1) is 85.5. The molecule has 3 unspecified atom stereocenters. The van der Waals surface area contributed by atoms with Crippen LogP contribution in [0.2, 0.25) is 0 Å². The van der Waals surface area contributed by atoms with Crippen LogP contribution in [-0.2, 0) is 95.0 Å². The van der Waals surface area contributed by atoms with E-state index in [1.54, 1.807) is 0 Å². The molecule has 8 saturated heterocycles. The lowest BCUT2D eigenvalue weighted by atomic mass is 9.93. The van der Waals surface area contributed by atoms with E-state index in [0.29, 0.717) is 0 Å². The van der Waals surface area contributed by atoms with Gasteiger partial charge in [0.1, 0.15) is 195 Å². The fourth-order valence-electron chi connectivity index (χ4n) is 13.4. The van der Waals surface area contributed by atoms with Crippen LogP contribution < -0.4 is 26.6 Å². The third kappa shape index (κ3) is 19.2. The van der Waals surface area contributed by atoms with Gasteiger partial charge in [-0.2, -0.15) is 0 Å². The van der Waals surface area contributed by atoms with Crippen molar-refractivity contribution in [2.24, 2.45) is 0 Å². The molecule has 0 saturated carbocycles. The van der Waals surface area contributed by atoms with Crippen molar-refractivity contribution in [3.8, 4) is 0 Å². The number of rotatable bonds is 27. The van der Waals surface area contributed by atoms with Crippen molar-refractivity contribution in [2.45, 2.75) is 280 Å². The maximum Gasteiger partial charge on any atom is 0.217 e. The predicted octanol–water partition coefficient (Wildman–Crippen LogP) is -17.7. The maximum absolute atomic E-state index is 13.0. The summed E-state index contributed by atoms with van der Waals surface area (Å²) < 4.78 is 89.9. The minimum atomic E-state index is -2.57. The molecule has 0 aliphatic carbocycles. The minimum absolute atomic E-state index is 0.777. The van der Waals surface area contributed by atoms with Crippen LogP contribution in [0.25, 0.3) is 0 Å². The lowest BCUT2D eigenvalue weighted by molar-refractivity contribution is -0.403. The molecule has 0 bridgehead atoms. The highest BCUT2D eigenvalue weighted by molar-refractivity contribution is 5.75. The molecule has 0 spiro atoms. The summed E-state index contributed by atoms with van der Waals surface area (Å²) in [7, 11) is 0. The number of carbonyl (C=O) groups excluding carboxylic acids is 5. The molecule has 0 aromatic heterocycles. The molecule has 26 N–H and O–H groups in total. The lowest BCUT2D eigenvalue weighted by Crippen LogP contribution is -2.71. The van der Waals surface area contributed by atoms with E-state index in [-0.39, 0.29) is 0 Å². The van der Waals surface area contributed by atoms with Crippen LogP contribution in [0.3, 0.4) is 0 Å². The van der Waals surface area contributed by atoms with Crippen LogP contribution in [-0.4, -0.2) is 435 Å². The number of ether oxygens (including phenoxy) is 15. The smallest absolute Gasteiger partial charge is 0.217 e. The second kappa shape index (κ2) is 37.5. The maximum atomic E-state index is 13.0. The van der Waals surface area contributed by atoms with Crippen molar-refractivity contribution in [2.75, 3.05) is 52.9 Å². The van der Waals surface area contributed by atoms with E-state index in [1.807, 2.05) is 0 Å². The molecule has 104 heavy (non-hydrogen) atoms. The Balaban J connectivity index is 1.20. The first-order valence-electron chi connectivity index (χ1n) is 33.1. The van der Waals surface area contributed by atoms with Crippen LogP contribution in [0, 0.1) is 0 Å². The Labute approximate surface area is 589 Å². The van der Waals surface area contributed by atoms with E-state index in [9.17, 15) is 131 Å². The lowest BCUT2D eigenvalue weighted by Gasteiger charge is -2.51. The first-order valence-corrected chi connectivity index (χ1v) is 33.1. The molecule has 8 heterocycles. The Hall–Kier alpha value is -4.09. The zero-order valence-electron chi connectivity index (χ0n) is 56.3. The summed E-state index contributed by atoms with van der Waals surface area (Å²) in [6, 6.07) is -8.89. The fourth-order valence-corrected chi connectivity index (χ4v) is 13.4. The summed E-state index contributed by atoms with van der Waals surface area (Å²) in [6.45, 7) is -3.74. The number of hydrogen-bond donors (Lipinski definition) is 26. The standard InChI is InChI=1S/C58H97N5O41/c1-14(71)59-27-40(84)45(23(10-68)91-51(27)89)99-55-31(63-18(5)75)41(85)46(24(11-69)96-55)101-56-44(88)48(36(80)26(98-56)13-90-57-49(42(86)35(79)22(9-67)95-57)103-53-29(61-16(3)73)38(82)33(77)20(7-65)93-53)102-58-50(104-54-30(62-17(4)74)39(83)34(78)21(8-66)94-54)43(87)47(25(12-70)97-58)100-52-28(60-15(2)72)37(81)32(76)19(6-64)92-52/h19-58,64-70,76-89H,6-13H2,1-5H3,(H,59,71)(H,60,72)(H,61,73)(H,62,74)(H,63,75)/t19-,20-,21-,22-,23-,24-,25-,26-,27-,28-,29-,30-,31-,32-,33-,34-,35-,36-,37-,38-,39-,40-,41-,42+,43+,44+,45-,46-,47-,48+,49+,50+,51-,52?,53?,54?,55+,56+,57+,58-/m1/s1. The van der Waals surface area contributed by atoms with Gasteiger partial charge in [0.25, 0.3) is 0 Å². The molecule has 40 atom stereocenters. The monoisotopic (exact) mass is 1520 g/mol. The molecule has 8 fully saturated rings. The van der Waals surface area contributed by atoms with Gasteiger partial charge in [0.15, 0.2) is 50.3 Å². The average molecular weight is 1520 g/mol. The zero-order valence-corrected chi connectivity index (χ0v) is 56.3. The van der Waals surface area contributed by atoms with Crippen molar-refractivity contribution < 1.29 is 202 Å². The zero-order chi connectivity index (χ0) is 76.8. The SMILES string of the molecule is CC(=O)N[C@@H]1[C@@H](O)[C@H](O[C@@H]2O[C@H](CO)[C@@H](O[C@@H]3O[C@H](CO[C@H]4O[C@H](CO)[C@@H](O)[C@H](O)[C@@H]4OC4O[C@H](CO)[C@@H](O)[C@H](O)[C@H]4NC(C)=O)[C@@H](O)[C@H](O[C@H]4O[C@H](CO)[C@@H](OC5O[C@H](CO)[C@@H](O)[C@H](O)[C@H]5NC(C)=O)[C@H](O)[C@@H]4OC4O[C@H](CO)[C@@H](O)[C@H](O)[C@H]4NC(C)=O)[C@@H]3O)[C@H](O)[C@H]2NC(C)=O)[C@@H](CO)O[C@H]1O. The molecular formula is C58H97N5O41. The van der Waals surface area contributed by atoms with E-state index >= 15 is 0 Å². The average Bonchev–Trinajstić information content (AvgIpc) is 0.766. The molecule has 0 aromatic rings. The highest BCUT2D eigenvalue weighted by Gasteiger charge is 2.61. The predicted molar refractivity (Wildman–Crippen MR) is 322 cm³/mol. The molecule has 8 aliphatic heterocycles. The Morgan fingerprint density at radius 1 is 0.250 bits per heavy atom. The number of amides is 5. The van der Waals surface area contributed by atoms with Gasteiger partial charge in [0, 0.05) is 34.6 Å². The van der Waals surface area contributed by atoms with Gasteiger partial charge in [0.05, 0.1) is 52.9 Å². The van der Waals surface area contributed by atoms with Crippen LogP contribution in [0.4, 0.5) is 0 Å². The largest absolute Gasteiger partial charge is 0.394 e. The van der Waals surface area contributed by atoms with Crippen LogP contribution in [0.5, 0.6) is 0 Å². The number of aliphatic hydroxyl groups is 21. The third-order valence-corrected chi connectivity index (χ3v) is 18.7. The highest BCUT2D eigenvalue weighted by atomic mass is 16.8. The number of nitrogens with one attached hydrogen (secondary N) is 5. The van der Waals surface area contributed by atoms with Gasteiger partial charge in [0.2, 0.25) is 29.5 Å². The summed E-state index contributed by atoms with van der Waals surface area (Å²) in [4.78, 5) is 62.7. The van der Waals surface area contributed by atoms with Gasteiger partial charge in [-0.25, -0.2) is 0 Å². The van der Waals surface area contributed by atoms with Gasteiger partial charge in [-0.3, -0.25) is 24.0 Å². The van der Waals surface area contributed by atoms with E-state index in [0.717, 1.165) is 34.6 Å². The summed E-state index contributed by atoms with van der Waals surface area (Å²) in [5.74, 6) is -4.30. The number of carbonyl (C=O) groups is 5. The summed E-state index contributed by atoms with van der Waals surface area (Å²) in [6.07, 6.45) is -72.3. The third-order valence-electron chi connectivity index (χ3n) is 18.7. The second-order valence-electron chi connectivity index (χ2n) is 26.1. The van der Waals surface area contributed by atoms with E-state index < -0.39 is 328 Å². The Morgan fingerprint density at radius 3 is 0.904 bits per heavy atom. The van der Waals surface area contributed by atoms with Gasteiger partial charge >= 0.3 is 0 Å². The second-order valence-corrected chi connectivity index (χ2v) is 26.1. The quantitative estimate of drug-likeness (QED) is 0.0363. The topological polar surface area (TPSA) is 709 Å². The normalized spacial score (nSPS) is 47.2. The first-order chi connectivity index (χ1) is 49.2. The highest BCUT2D eigenvalue weighted by Crippen LogP contribution is 2.39. The van der Waals surface area contributed by atoms with Crippen molar-refractivity contribution in [1.82, 2.24) is 26.6 Å². The summed E-state index contributed by atoms with van der Waals surface area (Å²) in [5, 5.41) is 246. The van der Waals surface area contributed by atoms with E-state index in [1.165, 1.54) is 0 Å². The molecule has 8 rings (SSSR count). The van der Waals surface area contributed by atoms with E-state index in [4.69, 9.17) is 71.1 Å². The summed E-state index contributed by atoms with van der Waals surface area (Å²) in [5.41, 5.74) is 0. The Kier molecular flexibility index (Phi) is 30.9. The molecule has 8 aliphatic rings. The van der Waals surface area contributed by atoms with E-state index in [2.05, 4.69) is 26.6 Å². The van der Waals surface area contributed by atoms with Crippen molar-refractivity contribution in [3.05, 3.63) is 0 Å². The minimum Gasteiger partial charge on any atom is -0.394 e. The molecule has 600 valence electrons. The molecule has 0 radical (unpaired) electrons. The molecule has 46 heteroatoms. The van der Waals surface area contributed by atoms with Crippen LogP contribution in [0.1, 0.15) is 34.6 Å². The molecule has 0 aromatic carbocycles. The Bertz CT molecular complexity index is 2770. The summed E-state index contributed by atoms with van der Waals surface area (Å²) >= 11 is 0. The molecule has 46 nitrogen and oxygen atoms in total. The number of hydrogen-bond acceptors (Lipinski definition) is 41. The Morgan fingerprint density at radius 2 is 0.519 bits per heavy atom. The number of aliphatic hydroxyl groups excluding tert-OH is 21. The van der Waals surface area contributed by atoms with Crippen molar-refractivity contribution in [3.63, 3.8) is 0 Å². The van der Waals surface area contributed by atoms with Crippen LogP contribution in [0.15, 0.2) is 0 Å². The van der Waals surface area contributed by atoms with Gasteiger partial charge in [-0.1, -0.05) is 0 Å². The fraction of sp³-hybridized carbons (Fsp3) is 0.914. The van der Waals surface area contributed by atoms with Gasteiger partial charge < -0.3 is 205 Å². The molecular weight excluding hydrogens is 1420 g/mol. The molecule has 5 amide bonds. The van der Waals surface area contributed by atoms with Gasteiger partial charge in [-0.15, -0.1) is 0 Å². The van der Waals surface area contributed by atoms with Crippen molar-refractivity contribution in [1.29, 1.82) is 0 Å².